The van der Waals surface area contributed by atoms with Crippen molar-refractivity contribution in [2.45, 2.75) is 27.2 Å². The molecule has 0 saturated heterocycles. The predicted octanol–water partition coefficient (Wildman–Crippen LogP) is 3.82. The van der Waals surface area contributed by atoms with E-state index in [0.717, 1.165) is 22.3 Å². The van der Waals surface area contributed by atoms with E-state index in [9.17, 15) is 9.59 Å². The number of benzene rings is 2. The summed E-state index contributed by atoms with van der Waals surface area (Å²) in [6.07, 6.45) is 0.679. The summed E-state index contributed by atoms with van der Waals surface area (Å²) in [5.74, 6) is 1.06. The Morgan fingerprint density at radius 2 is 1.71 bits per heavy atom. The molecule has 0 bridgehead atoms. The van der Waals surface area contributed by atoms with Crippen molar-refractivity contribution >= 4 is 22.5 Å². The van der Waals surface area contributed by atoms with Crippen LogP contribution in [-0.2, 0) is 11.2 Å². The third-order valence-corrected chi connectivity index (χ3v) is 4.54. The summed E-state index contributed by atoms with van der Waals surface area (Å²) in [4.78, 5) is 27.3. The molecule has 0 unspecified atom stereocenters. The van der Waals surface area contributed by atoms with Crippen LogP contribution in [0.1, 0.15) is 25.0 Å². The van der Waals surface area contributed by atoms with Gasteiger partial charge in [0.1, 0.15) is 11.5 Å². The predicted molar refractivity (Wildman–Crippen MR) is 110 cm³/mol. The van der Waals surface area contributed by atoms with Crippen molar-refractivity contribution < 1.29 is 14.3 Å². The number of ether oxygens (including phenoxy) is 2. The minimum Gasteiger partial charge on any atom is -0.494 e. The van der Waals surface area contributed by atoms with Crippen LogP contribution >= 0.6 is 0 Å². The molecule has 0 fully saturated rings. The molecule has 1 heterocycles. The van der Waals surface area contributed by atoms with Gasteiger partial charge in [-0.3, -0.25) is 9.59 Å². The molecule has 6 nitrogen and oxygen atoms in total. The van der Waals surface area contributed by atoms with Crippen LogP contribution in [0.4, 0.5) is 5.69 Å². The molecular formula is C22H24N2O4. The molecule has 146 valence electrons. The topological polar surface area (TPSA) is 80.4 Å². The molecule has 0 radical (unpaired) electrons. The van der Waals surface area contributed by atoms with Crippen molar-refractivity contribution in [3.05, 3.63) is 63.9 Å². The van der Waals surface area contributed by atoms with Gasteiger partial charge in [-0.2, -0.15) is 0 Å². The maximum Gasteiger partial charge on any atom is 0.262 e. The van der Waals surface area contributed by atoms with Crippen molar-refractivity contribution in [2.24, 2.45) is 0 Å². The minimum atomic E-state index is -0.280. The average molecular weight is 380 g/mol. The maximum absolute atomic E-state index is 12.2. The summed E-state index contributed by atoms with van der Waals surface area (Å²) in [7, 11) is 0. The smallest absolute Gasteiger partial charge is 0.262 e. The summed E-state index contributed by atoms with van der Waals surface area (Å²) in [5, 5.41) is 3.77. The Bertz CT molecular complexity index is 1040. The van der Waals surface area contributed by atoms with Gasteiger partial charge >= 0.3 is 0 Å². The Labute approximate surface area is 163 Å². The zero-order valence-corrected chi connectivity index (χ0v) is 16.3. The molecule has 0 saturated carbocycles. The molecule has 3 rings (SSSR count). The van der Waals surface area contributed by atoms with Crippen molar-refractivity contribution in [1.29, 1.82) is 0 Å². The standard InChI is InChI=1S/C22H24N2O4/c1-4-18-14(3)19-11-6-15(12-20(19)24-22(18)26)23-21(25)13-28-17-9-7-16(8-10-17)27-5-2/h6-12H,4-5,13H2,1-3H3,(H,23,25)(H,24,26). The molecule has 1 aromatic heterocycles. The van der Waals surface area contributed by atoms with Gasteiger partial charge in [0.2, 0.25) is 0 Å². The van der Waals surface area contributed by atoms with E-state index in [2.05, 4.69) is 10.3 Å². The summed E-state index contributed by atoms with van der Waals surface area (Å²) >= 11 is 0. The molecule has 2 N–H and O–H groups in total. The van der Waals surface area contributed by atoms with E-state index in [1.807, 2.05) is 32.9 Å². The lowest BCUT2D eigenvalue weighted by Gasteiger charge is -2.11. The number of nitrogens with one attached hydrogen (secondary N) is 2. The van der Waals surface area contributed by atoms with Gasteiger partial charge in [0.15, 0.2) is 6.61 Å². The zero-order chi connectivity index (χ0) is 20.1. The number of aromatic nitrogens is 1. The fraction of sp³-hybridized carbons (Fsp3) is 0.273. The van der Waals surface area contributed by atoms with Crippen LogP contribution in [0.2, 0.25) is 0 Å². The van der Waals surface area contributed by atoms with Crippen molar-refractivity contribution in [2.75, 3.05) is 18.5 Å². The van der Waals surface area contributed by atoms with Gasteiger partial charge < -0.3 is 19.8 Å². The summed E-state index contributed by atoms with van der Waals surface area (Å²) < 4.78 is 10.9. The van der Waals surface area contributed by atoms with Gasteiger partial charge in [0.25, 0.3) is 11.5 Å². The number of fused-ring (bicyclic) bond motifs is 1. The summed E-state index contributed by atoms with van der Waals surface area (Å²) in [6, 6.07) is 12.6. The Morgan fingerprint density at radius 1 is 1.04 bits per heavy atom. The highest BCUT2D eigenvalue weighted by molar-refractivity contribution is 5.95. The second-order valence-corrected chi connectivity index (χ2v) is 6.41. The number of aromatic amines is 1. The van der Waals surface area contributed by atoms with Crippen LogP contribution in [0.15, 0.2) is 47.3 Å². The zero-order valence-electron chi connectivity index (χ0n) is 16.3. The van der Waals surface area contributed by atoms with Crippen LogP contribution in [0.25, 0.3) is 10.9 Å². The van der Waals surface area contributed by atoms with E-state index in [1.165, 1.54) is 0 Å². The summed E-state index contributed by atoms with van der Waals surface area (Å²) in [6.45, 7) is 6.30. The molecule has 1 amide bonds. The maximum atomic E-state index is 12.2. The molecule has 6 heteroatoms. The number of hydrogen-bond acceptors (Lipinski definition) is 4. The lowest BCUT2D eigenvalue weighted by Crippen LogP contribution is -2.20. The summed E-state index contributed by atoms with van der Waals surface area (Å²) in [5.41, 5.74) is 2.97. The van der Waals surface area contributed by atoms with E-state index < -0.39 is 0 Å². The molecule has 3 aromatic rings. The van der Waals surface area contributed by atoms with Gasteiger partial charge in [0.05, 0.1) is 12.1 Å². The first-order valence-corrected chi connectivity index (χ1v) is 9.32. The number of H-pyrrole nitrogens is 1. The lowest BCUT2D eigenvalue weighted by molar-refractivity contribution is -0.118. The van der Waals surface area contributed by atoms with Gasteiger partial charge in [-0.15, -0.1) is 0 Å². The van der Waals surface area contributed by atoms with E-state index in [4.69, 9.17) is 9.47 Å². The molecule has 0 aliphatic carbocycles. The first kappa shape index (κ1) is 19.5. The number of pyridine rings is 1. The largest absolute Gasteiger partial charge is 0.494 e. The molecule has 0 spiro atoms. The Kier molecular flexibility index (Phi) is 5.99. The third kappa shape index (κ3) is 4.34. The van der Waals surface area contributed by atoms with E-state index >= 15 is 0 Å². The fourth-order valence-corrected chi connectivity index (χ4v) is 3.15. The number of anilines is 1. The lowest BCUT2D eigenvalue weighted by atomic mass is 10.0. The van der Waals surface area contributed by atoms with Gasteiger partial charge in [-0.1, -0.05) is 13.0 Å². The van der Waals surface area contributed by atoms with Crippen LogP contribution in [0.3, 0.4) is 0 Å². The highest BCUT2D eigenvalue weighted by atomic mass is 16.5. The second-order valence-electron chi connectivity index (χ2n) is 6.41. The van der Waals surface area contributed by atoms with Crippen LogP contribution in [0.5, 0.6) is 11.5 Å². The van der Waals surface area contributed by atoms with E-state index in [-0.39, 0.29) is 18.1 Å². The molecule has 0 aliphatic heterocycles. The average Bonchev–Trinajstić information content (AvgIpc) is 2.68. The minimum absolute atomic E-state index is 0.0881. The molecule has 28 heavy (non-hydrogen) atoms. The van der Waals surface area contributed by atoms with E-state index in [0.29, 0.717) is 30.0 Å². The number of rotatable bonds is 7. The number of carbonyl (C=O) groups is 1. The molecule has 0 atom stereocenters. The normalized spacial score (nSPS) is 10.7. The van der Waals surface area contributed by atoms with E-state index in [1.54, 1.807) is 30.3 Å². The molecule has 0 aliphatic rings. The Morgan fingerprint density at radius 3 is 2.36 bits per heavy atom. The van der Waals surface area contributed by atoms with Crippen LogP contribution in [-0.4, -0.2) is 24.1 Å². The van der Waals surface area contributed by atoms with Gasteiger partial charge in [-0.05, 0) is 62.2 Å². The first-order valence-electron chi connectivity index (χ1n) is 9.32. The SMILES string of the molecule is CCOc1ccc(OCC(=O)Nc2ccc3c(C)c(CC)c(=O)[nH]c3c2)cc1. The van der Waals surface area contributed by atoms with Crippen molar-refractivity contribution in [3.63, 3.8) is 0 Å². The quantitative estimate of drug-likeness (QED) is 0.653. The highest BCUT2D eigenvalue weighted by Gasteiger charge is 2.09. The molecular weight excluding hydrogens is 356 g/mol. The second kappa shape index (κ2) is 8.61. The Hall–Kier alpha value is -3.28. The number of aryl methyl sites for hydroxylation is 1. The number of carbonyl (C=O) groups excluding carboxylic acids is 1. The number of amides is 1. The Balaban J connectivity index is 1.66. The van der Waals surface area contributed by atoms with Crippen molar-refractivity contribution in [3.8, 4) is 11.5 Å². The highest BCUT2D eigenvalue weighted by Crippen LogP contribution is 2.22. The first-order chi connectivity index (χ1) is 13.5. The third-order valence-electron chi connectivity index (χ3n) is 4.54. The van der Waals surface area contributed by atoms with Gasteiger partial charge in [0, 0.05) is 16.6 Å². The molecule has 2 aromatic carbocycles. The fourth-order valence-electron chi connectivity index (χ4n) is 3.15. The van der Waals surface area contributed by atoms with Crippen molar-refractivity contribution in [1.82, 2.24) is 4.98 Å². The van der Waals surface area contributed by atoms with Gasteiger partial charge in [-0.25, -0.2) is 0 Å². The number of hydrogen-bond donors (Lipinski definition) is 2. The van der Waals surface area contributed by atoms with Crippen LogP contribution in [0, 0.1) is 6.92 Å². The monoisotopic (exact) mass is 380 g/mol. The van der Waals surface area contributed by atoms with Crippen LogP contribution < -0.4 is 20.3 Å².